The first-order valence-corrected chi connectivity index (χ1v) is 3.64. The van der Waals surface area contributed by atoms with Gasteiger partial charge in [0.05, 0.1) is 12.8 Å². The van der Waals surface area contributed by atoms with Crippen LogP contribution in [0.5, 0.6) is 5.75 Å². The van der Waals surface area contributed by atoms with Gasteiger partial charge in [-0.2, -0.15) is 0 Å². The monoisotopic (exact) mass is 169 g/mol. The molecule has 1 atom stereocenters. The first-order valence-electron chi connectivity index (χ1n) is 3.64. The smallest absolute Gasteiger partial charge is 0.137 e. The van der Waals surface area contributed by atoms with Gasteiger partial charge in [-0.05, 0) is 12.1 Å². The van der Waals surface area contributed by atoms with Gasteiger partial charge in [0.25, 0.3) is 0 Å². The largest absolute Gasteiger partial charge is 0.489 e. The molecule has 0 fully saturated rings. The van der Waals surface area contributed by atoms with Crippen molar-refractivity contribution in [3.8, 4) is 5.75 Å². The Hall–Kier alpha value is -1.13. The summed E-state index contributed by atoms with van der Waals surface area (Å²) in [5, 5.41) is 17.4. The number of ether oxygens (including phenoxy) is 1. The lowest BCUT2D eigenvalue weighted by Crippen LogP contribution is -2.21. The average molecular weight is 169 g/mol. The molecule has 0 saturated carbocycles. The summed E-state index contributed by atoms with van der Waals surface area (Å²) in [7, 11) is 0. The quantitative estimate of drug-likeness (QED) is 0.656. The van der Waals surface area contributed by atoms with Crippen molar-refractivity contribution in [3.63, 3.8) is 0 Å². The van der Waals surface area contributed by atoms with Gasteiger partial charge in [0.1, 0.15) is 18.5 Å². The summed E-state index contributed by atoms with van der Waals surface area (Å²) in [6.45, 7) is -0.206. The van der Waals surface area contributed by atoms with E-state index in [1.807, 2.05) is 0 Å². The number of hydrogen-bond acceptors (Lipinski definition) is 4. The molecule has 0 unspecified atom stereocenters. The molecular formula is C8H11NO3. The molecule has 0 spiro atoms. The maximum Gasteiger partial charge on any atom is 0.137 e. The first kappa shape index (κ1) is 8.96. The van der Waals surface area contributed by atoms with Crippen molar-refractivity contribution in [2.24, 2.45) is 0 Å². The molecule has 1 heterocycles. The third kappa shape index (κ3) is 2.86. The highest BCUT2D eigenvalue weighted by Crippen LogP contribution is 2.05. The Kier molecular flexibility index (Phi) is 3.50. The van der Waals surface area contributed by atoms with Crippen LogP contribution in [-0.2, 0) is 0 Å². The maximum absolute atomic E-state index is 8.92. The summed E-state index contributed by atoms with van der Waals surface area (Å²) in [6.07, 6.45) is 2.35. The van der Waals surface area contributed by atoms with Crippen molar-refractivity contribution in [3.05, 3.63) is 24.5 Å². The fourth-order valence-electron chi connectivity index (χ4n) is 0.678. The summed E-state index contributed by atoms with van der Waals surface area (Å²) < 4.78 is 5.09. The predicted molar refractivity (Wildman–Crippen MR) is 42.8 cm³/mol. The SMILES string of the molecule is OC[C@@H](O)COc1cccnc1. The number of hydrogen-bond donors (Lipinski definition) is 2. The number of aromatic nitrogens is 1. The Balaban J connectivity index is 2.33. The minimum atomic E-state index is -0.829. The molecule has 0 saturated heterocycles. The van der Waals surface area contributed by atoms with Crippen LogP contribution in [0.3, 0.4) is 0 Å². The van der Waals surface area contributed by atoms with Gasteiger partial charge in [-0.15, -0.1) is 0 Å². The third-order valence-corrected chi connectivity index (χ3v) is 1.29. The molecule has 1 aromatic rings. The molecule has 4 nitrogen and oxygen atoms in total. The summed E-state index contributed by atoms with van der Waals surface area (Å²) in [5.74, 6) is 0.588. The fourth-order valence-corrected chi connectivity index (χ4v) is 0.678. The molecule has 12 heavy (non-hydrogen) atoms. The van der Waals surface area contributed by atoms with Crippen LogP contribution in [0.15, 0.2) is 24.5 Å². The molecule has 1 aromatic heterocycles. The number of rotatable bonds is 4. The van der Waals surface area contributed by atoms with Gasteiger partial charge in [0.15, 0.2) is 0 Å². The average Bonchev–Trinajstić information content (AvgIpc) is 2.16. The Morgan fingerprint density at radius 3 is 3.00 bits per heavy atom. The Bertz CT molecular complexity index is 215. The molecule has 0 aliphatic carbocycles. The van der Waals surface area contributed by atoms with Crippen molar-refractivity contribution in [1.82, 2.24) is 4.98 Å². The molecule has 0 radical (unpaired) electrons. The molecule has 0 amide bonds. The van der Waals surface area contributed by atoms with Crippen LogP contribution in [0, 0.1) is 0 Å². The van der Waals surface area contributed by atoms with Gasteiger partial charge in [0, 0.05) is 6.20 Å². The zero-order valence-electron chi connectivity index (χ0n) is 6.55. The van der Waals surface area contributed by atoms with E-state index in [1.54, 1.807) is 24.5 Å². The maximum atomic E-state index is 8.92. The van der Waals surface area contributed by atoms with E-state index in [-0.39, 0.29) is 13.2 Å². The lowest BCUT2D eigenvalue weighted by Gasteiger charge is -2.08. The van der Waals surface area contributed by atoms with E-state index in [9.17, 15) is 0 Å². The van der Waals surface area contributed by atoms with Crippen LogP contribution in [0.2, 0.25) is 0 Å². The van der Waals surface area contributed by atoms with Crippen molar-refractivity contribution < 1.29 is 14.9 Å². The second-order valence-corrected chi connectivity index (χ2v) is 2.34. The predicted octanol–water partition coefficient (Wildman–Crippen LogP) is -0.186. The fraction of sp³-hybridized carbons (Fsp3) is 0.375. The molecule has 4 heteroatoms. The van der Waals surface area contributed by atoms with Crippen molar-refractivity contribution in [1.29, 1.82) is 0 Å². The van der Waals surface area contributed by atoms with E-state index >= 15 is 0 Å². The van der Waals surface area contributed by atoms with Crippen LogP contribution < -0.4 is 4.74 Å². The number of aliphatic hydroxyl groups is 2. The first-order chi connectivity index (χ1) is 5.83. The highest BCUT2D eigenvalue weighted by molar-refractivity contribution is 5.15. The lowest BCUT2D eigenvalue weighted by molar-refractivity contribution is 0.0535. The Labute approximate surface area is 70.4 Å². The number of pyridine rings is 1. The molecule has 0 aliphatic heterocycles. The zero-order chi connectivity index (χ0) is 8.81. The summed E-state index contributed by atoms with van der Waals surface area (Å²) in [4.78, 5) is 3.82. The second kappa shape index (κ2) is 4.69. The molecule has 1 rings (SSSR count). The van der Waals surface area contributed by atoms with Crippen LogP contribution in [0.1, 0.15) is 0 Å². The Morgan fingerprint density at radius 2 is 2.42 bits per heavy atom. The topological polar surface area (TPSA) is 62.6 Å². The molecular weight excluding hydrogens is 158 g/mol. The Morgan fingerprint density at radius 1 is 1.58 bits per heavy atom. The minimum Gasteiger partial charge on any atom is -0.489 e. The molecule has 0 aromatic carbocycles. The van der Waals surface area contributed by atoms with Crippen molar-refractivity contribution in [2.75, 3.05) is 13.2 Å². The second-order valence-electron chi connectivity index (χ2n) is 2.34. The molecule has 0 aliphatic rings. The van der Waals surface area contributed by atoms with Crippen LogP contribution in [0.25, 0.3) is 0 Å². The standard InChI is InChI=1S/C8H11NO3/c10-5-7(11)6-12-8-2-1-3-9-4-8/h1-4,7,10-11H,5-6H2/t7-/m1/s1. The van der Waals surface area contributed by atoms with Gasteiger partial charge >= 0.3 is 0 Å². The van der Waals surface area contributed by atoms with Gasteiger partial charge in [-0.3, -0.25) is 4.98 Å². The van der Waals surface area contributed by atoms with E-state index in [0.717, 1.165) is 0 Å². The normalized spacial score (nSPS) is 12.5. The van der Waals surface area contributed by atoms with Gasteiger partial charge in [-0.25, -0.2) is 0 Å². The van der Waals surface area contributed by atoms with Crippen LogP contribution >= 0.6 is 0 Å². The van der Waals surface area contributed by atoms with Crippen LogP contribution in [-0.4, -0.2) is 34.5 Å². The van der Waals surface area contributed by atoms with E-state index in [2.05, 4.69) is 4.98 Å². The molecule has 66 valence electrons. The van der Waals surface area contributed by atoms with Gasteiger partial charge < -0.3 is 14.9 Å². The highest BCUT2D eigenvalue weighted by atomic mass is 16.5. The third-order valence-electron chi connectivity index (χ3n) is 1.29. The minimum absolute atomic E-state index is 0.0855. The van der Waals surface area contributed by atoms with Gasteiger partial charge in [0.2, 0.25) is 0 Å². The van der Waals surface area contributed by atoms with Crippen molar-refractivity contribution in [2.45, 2.75) is 6.10 Å². The van der Waals surface area contributed by atoms with E-state index < -0.39 is 6.10 Å². The zero-order valence-corrected chi connectivity index (χ0v) is 6.55. The molecule has 0 bridgehead atoms. The van der Waals surface area contributed by atoms with E-state index in [4.69, 9.17) is 14.9 Å². The van der Waals surface area contributed by atoms with Crippen LogP contribution in [0.4, 0.5) is 0 Å². The van der Waals surface area contributed by atoms with Gasteiger partial charge in [-0.1, -0.05) is 0 Å². The lowest BCUT2D eigenvalue weighted by atomic mass is 10.4. The summed E-state index contributed by atoms with van der Waals surface area (Å²) in [6, 6.07) is 3.47. The number of aliphatic hydroxyl groups excluding tert-OH is 2. The van der Waals surface area contributed by atoms with E-state index in [0.29, 0.717) is 5.75 Å². The number of nitrogens with zero attached hydrogens (tertiary/aromatic N) is 1. The highest BCUT2D eigenvalue weighted by Gasteiger charge is 2.01. The molecule has 2 N–H and O–H groups in total. The van der Waals surface area contributed by atoms with Crippen molar-refractivity contribution >= 4 is 0 Å². The summed E-state index contributed by atoms with van der Waals surface area (Å²) in [5.41, 5.74) is 0. The van der Waals surface area contributed by atoms with E-state index in [1.165, 1.54) is 0 Å². The summed E-state index contributed by atoms with van der Waals surface area (Å²) >= 11 is 0.